The van der Waals surface area contributed by atoms with Gasteiger partial charge in [0.25, 0.3) is 0 Å². The van der Waals surface area contributed by atoms with Gasteiger partial charge in [-0.15, -0.1) is 0 Å². The van der Waals surface area contributed by atoms with Crippen LogP contribution in [0.15, 0.2) is 12.3 Å². The maximum Gasteiger partial charge on any atom is 0.314 e. The van der Waals surface area contributed by atoms with Gasteiger partial charge in [0, 0.05) is 18.3 Å². The summed E-state index contributed by atoms with van der Waals surface area (Å²) in [4.78, 5) is 14.7. The van der Waals surface area contributed by atoms with Crippen molar-refractivity contribution in [2.24, 2.45) is 5.92 Å². The molecule has 0 aromatic carbocycles. The number of nitro groups is 1. The smallest absolute Gasteiger partial charge is 0.314 e. The summed E-state index contributed by atoms with van der Waals surface area (Å²) in [6, 6.07) is 1.66. The molecule has 2 heterocycles. The van der Waals surface area contributed by atoms with Gasteiger partial charge in [-0.1, -0.05) is 0 Å². The van der Waals surface area contributed by atoms with Gasteiger partial charge < -0.3 is 10.6 Å². The van der Waals surface area contributed by atoms with E-state index in [0.717, 1.165) is 26.1 Å². The van der Waals surface area contributed by atoms with Crippen LogP contribution in [0.3, 0.4) is 0 Å². The molecule has 1 aromatic rings. The van der Waals surface area contributed by atoms with E-state index in [9.17, 15) is 10.1 Å². The first-order valence-electron chi connectivity index (χ1n) is 6.73. The van der Waals surface area contributed by atoms with Gasteiger partial charge in [0.05, 0.1) is 4.92 Å². The van der Waals surface area contributed by atoms with Gasteiger partial charge in [-0.2, -0.15) is 0 Å². The summed E-state index contributed by atoms with van der Waals surface area (Å²) >= 11 is 0. The molecule has 1 aromatic heterocycles. The average molecular weight is 264 g/mol. The highest BCUT2D eigenvalue weighted by Crippen LogP contribution is 2.25. The van der Waals surface area contributed by atoms with E-state index in [1.165, 1.54) is 12.8 Å². The Morgan fingerprint density at radius 1 is 1.63 bits per heavy atom. The number of aromatic nitrogens is 1. The van der Waals surface area contributed by atoms with Crippen molar-refractivity contribution in [1.29, 1.82) is 0 Å². The van der Waals surface area contributed by atoms with Crippen molar-refractivity contribution < 1.29 is 4.92 Å². The molecule has 2 N–H and O–H groups in total. The molecule has 6 nitrogen and oxygen atoms in total. The number of pyridine rings is 1. The first kappa shape index (κ1) is 13.7. The number of hydrogen-bond donors (Lipinski definition) is 2. The SMILES string of the molecule is Cc1ccnc(NCCC2CCCNC2)c1[N+](=O)[O-]. The van der Waals surface area contributed by atoms with Crippen LogP contribution in [0.1, 0.15) is 24.8 Å². The number of nitrogens with zero attached hydrogens (tertiary/aromatic N) is 2. The van der Waals surface area contributed by atoms with Crippen molar-refractivity contribution >= 4 is 11.5 Å². The number of anilines is 1. The number of piperidine rings is 1. The Bertz CT molecular complexity index is 444. The predicted octanol–water partition coefficient (Wildman–Crippen LogP) is 2.10. The monoisotopic (exact) mass is 264 g/mol. The van der Waals surface area contributed by atoms with Crippen LogP contribution in [0.25, 0.3) is 0 Å². The highest BCUT2D eigenvalue weighted by molar-refractivity contribution is 5.59. The second-order valence-electron chi connectivity index (χ2n) is 5.01. The Kier molecular flexibility index (Phi) is 4.68. The molecule has 1 aliphatic heterocycles. The molecule has 0 aliphatic carbocycles. The largest absolute Gasteiger partial charge is 0.364 e. The number of aryl methyl sites for hydroxylation is 1. The Labute approximate surface area is 112 Å². The minimum Gasteiger partial charge on any atom is -0.364 e. The Balaban J connectivity index is 1.92. The van der Waals surface area contributed by atoms with Gasteiger partial charge in [-0.25, -0.2) is 4.98 Å². The molecule has 6 heteroatoms. The molecule has 1 aliphatic rings. The molecule has 0 bridgehead atoms. The summed E-state index contributed by atoms with van der Waals surface area (Å²) in [6.07, 6.45) is 5.07. The molecule has 104 valence electrons. The highest BCUT2D eigenvalue weighted by Gasteiger charge is 2.18. The summed E-state index contributed by atoms with van der Waals surface area (Å²) in [5, 5.41) is 17.5. The lowest BCUT2D eigenvalue weighted by Gasteiger charge is -2.22. The Morgan fingerprint density at radius 3 is 3.16 bits per heavy atom. The maximum absolute atomic E-state index is 11.0. The summed E-state index contributed by atoms with van der Waals surface area (Å²) in [5.74, 6) is 1.04. The zero-order valence-electron chi connectivity index (χ0n) is 11.2. The maximum atomic E-state index is 11.0. The summed E-state index contributed by atoms with van der Waals surface area (Å²) in [5.41, 5.74) is 0.728. The molecule has 1 saturated heterocycles. The number of nitrogens with one attached hydrogen (secondary N) is 2. The number of hydrogen-bond acceptors (Lipinski definition) is 5. The third-order valence-electron chi connectivity index (χ3n) is 3.55. The van der Waals surface area contributed by atoms with E-state index in [4.69, 9.17) is 0 Å². The number of rotatable bonds is 5. The summed E-state index contributed by atoms with van der Waals surface area (Å²) in [7, 11) is 0. The quantitative estimate of drug-likeness (QED) is 0.629. The molecule has 0 saturated carbocycles. The van der Waals surface area contributed by atoms with Crippen molar-refractivity contribution in [3.63, 3.8) is 0 Å². The topological polar surface area (TPSA) is 80.1 Å². The fourth-order valence-corrected chi connectivity index (χ4v) is 2.48. The lowest BCUT2D eigenvalue weighted by Crippen LogP contribution is -2.30. The van der Waals surface area contributed by atoms with Gasteiger partial charge in [-0.3, -0.25) is 10.1 Å². The van der Waals surface area contributed by atoms with Crippen molar-refractivity contribution in [3.8, 4) is 0 Å². The lowest BCUT2D eigenvalue weighted by atomic mass is 9.96. The van der Waals surface area contributed by atoms with E-state index in [-0.39, 0.29) is 10.6 Å². The van der Waals surface area contributed by atoms with Crippen LogP contribution in [0, 0.1) is 23.0 Å². The van der Waals surface area contributed by atoms with Crippen LogP contribution < -0.4 is 10.6 Å². The van der Waals surface area contributed by atoms with Crippen LogP contribution in [-0.4, -0.2) is 29.5 Å². The third-order valence-corrected chi connectivity index (χ3v) is 3.55. The van der Waals surface area contributed by atoms with Crippen LogP contribution >= 0.6 is 0 Å². The van der Waals surface area contributed by atoms with E-state index >= 15 is 0 Å². The molecule has 1 atom stereocenters. The molecule has 0 spiro atoms. The first-order chi connectivity index (χ1) is 9.18. The molecule has 19 heavy (non-hydrogen) atoms. The predicted molar refractivity (Wildman–Crippen MR) is 74.3 cm³/mol. The van der Waals surface area contributed by atoms with Gasteiger partial charge in [0.2, 0.25) is 5.82 Å². The highest BCUT2D eigenvalue weighted by atomic mass is 16.6. The van der Waals surface area contributed by atoms with Crippen LogP contribution in [0.5, 0.6) is 0 Å². The van der Waals surface area contributed by atoms with E-state index in [2.05, 4.69) is 15.6 Å². The van der Waals surface area contributed by atoms with Crippen molar-refractivity contribution in [3.05, 3.63) is 27.9 Å². The third kappa shape index (κ3) is 3.64. The van der Waals surface area contributed by atoms with Crippen molar-refractivity contribution in [1.82, 2.24) is 10.3 Å². The second kappa shape index (κ2) is 6.47. The Hall–Kier alpha value is -1.69. The zero-order chi connectivity index (χ0) is 13.7. The van der Waals surface area contributed by atoms with Gasteiger partial charge in [0.15, 0.2) is 0 Å². The standard InChI is InChI=1S/C13H20N4O2/c1-10-4-7-15-13(12(10)17(18)19)16-8-5-11-3-2-6-14-9-11/h4,7,11,14H,2-3,5-6,8-9H2,1H3,(H,15,16). The lowest BCUT2D eigenvalue weighted by molar-refractivity contribution is -0.384. The Morgan fingerprint density at radius 2 is 2.47 bits per heavy atom. The first-order valence-corrected chi connectivity index (χ1v) is 6.73. The fourth-order valence-electron chi connectivity index (χ4n) is 2.48. The van der Waals surface area contributed by atoms with Gasteiger partial charge in [0.1, 0.15) is 0 Å². The van der Waals surface area contributed by atoms with Crippen LogP contribution in [0.2, 0.25) is 0 Å². The zero-order valence-corrected chi connectivity index (χ0v) is 11.2. The molecule has 0 radical (unpaired) electrons. The molecular weight excluding hydrogens is 244 g/mol. The van der Waals surface area contributed by atoms with Crippen LogP contribution in [0.4, 0.5) is 11.5 Å². The summed E-state index contributed by atoms with van der Waals surface area (Å²) in [6.45, 7) is 4.61. The van der Waals surface area contributed by atoms with E-state index in [1.807, 2.05) is 0 Å². The molecule has 0 amide bonds. The minimum atomic E-state index is -0.368. The van der Waals surface area contributed by atoms with Crippen molar-refractivity contribution in [2.75, 3.05) is 25.0 Å². The summed E-state index contributed by atoms with van der Waals surface area (Å²) < 4.78 is 0. The van der Waals surface area contributed by atoms with Gasteiger partial charge >= 0.3 is 5.69 Å². The van der Waals surface area contributed by atoms with Crippen molar-refractivity contribution in [2.45, 2.75) is 26.2 Å². The molecular formula is C13H20N4O2. The van der Waals surface area contributed by atoms with E-state index in [0.29, 0.717) is 17.3 Å². The molecule has 1 unspecified atom stereocenters. The molecule has 1 fully saturated rings. The van der Waals surface area contributed by atoms with Crippen LogP contribution in [-0.2, 0) is 0 Å². The van der Waals surface area contributed by atoms with E-state index < -0.39 is 0 Å². The average Bonchev–Trinajstić information content (AvgIpc) is 2.39. The fraction of sp³-hybridized carbons (Fsp3) is 0.615. The second-order valence-corrected chi connectivity index (χ2v) is 5.01. The van der Waals surface area contributed by atoms with E-state index in [1.54, 1.807) is 19.2 Å². The minimum absolute atomic E-state index is 0.0873. The van der Waals surface area contributed by atoms with Gasteiger partial charge in [-0.05, 0) is 51.3 Å². The molecule has 2 rings (SSSR count). The normalized spacial score (nSPS) is 19.1.